The average molecular weight is 263 g/mol. The summed E-state index contributed by atoms with van der Waals surface area (Å²) in [6.07, 6.45) is 0.460. The molecule has 0 saturated heterocycles. The van der Waals surface area contributed by atoms with Gasteiger partial charge in [0.1, 0.15) is 0 Å². The lowest BCUT2D eigenvalue weighted by Gasteiger charge is -2.09. The summed E-state index contributed by atoms with van der Waals surface area (Å²) in [5.74, 6) is -0.397. The Bertz CT molecular complexity index is 368. The van der Waals surface area contributed by atoms with Crippen molar-refractivity contribution in [1.82, 2.24) is 0 Å². The second-order valence-electron chi connectivity index (χ2n) is 3.22. The molecule has 0 radical (unpaired) electrons. The van der Waals surface area contributed by atoms with Gasteiger partial charge in [0, 0.05) is 6.42 Å². The number of carbonyl (C=O) groups is 1. The predicted octanol–water partition coefficient (Wildman–Crippen LogP) is 3.41. The van der Waals surface area contributed by atoms with Crippen LogP contribution in [0.15, 0.2) is 12.1 Å². The first kappa shape index (κ1) is 13.1. The van der Waals surface area contributed by atoms with E-state index in [2.05, 4.69) is 0 Å². The molecule has 0 unspecified atom stereocenters. The molecule has 0 aliphatic heterocycles. The number of rotatable bonds is 5. The highest BCUT2D eigenvalue weighted by molar-refractivity contribution is 6.37. The molecule has 0 heterocycles. The maximum absolute atomic E-state index is 10.4. The molecule has 5 heteroatoms. The monoisotopic (exact) mass is 262 g/mol. The van der Waals surface area contributed by atoms with Crippen LogP contribution in [0, 0.1) is 0 Å². The van der Waals surface area contributed by atoms with Gasteiger partial charge < -0.3 is 9.84 Å². The van der Waals surface area contributed by atoms with Gasteiger partial charge in [0.25, 0.3) is 0 Å². The van der Waals surface area contributed by atoms with Crippen LogP contribution in [0.1, 0.15) is 18.9 Å². The highest BCUT2D eigenvalue weighted by Crippen LogP contribution is 2.34. The molecular formula is C11H12Cl2O3. The summed E-state index contributed by atoms with van der Waals surface area (Å²) in [5, 5.41) is 9.39. The number of carboxylic acid groups (broad SMARTS) is 1. The van der Waals surface area contributed by atoms with Gasteiger partial charge in [-0.2, -0.15) is 0 Å². The first-order valence-electron chi connectivity index (χ1n) is 4.87. The molecule has 0 saturated carbocycles. The lowest BCUT2D eigenvalue weighted by atomic mass is 10.1. The third-order valence-corrected chi connectivity index (χ3v) is 2.54. The van der Waals surface area contributed by atoms with Crippen LogP contribution >= 0.6 is 23.2 Å². The highest BCUT2D eigenvalue weighted by atomic mass is 35.5. The first-order valence-corrected chi connectivity index (χ1v) is 5.62. The van der Waals surface area contributed by atoms with E-state index in [1.165, 1.54) is 0 Å². The van der Waals surface area contributed by atoms with E-state index in [9.17, 15) is 4.79 Å². The molecule has 0 aliphatic rings. The molecule has 0 amide bonds. The maximum Gasteiger partial charge on any atom is 0.303 e. The quantitative estimate of drug-likeness (QED) is 0.885. The van der Waals surface area contributed by atoms with Gasteiger partial charge in [-0.05, 0) is 31.0 Å². The smallest absolute Gasteiger partial charge is 0.303 e. The number of ether oxygens (including phenoxy) is 1. The Morgan fingerprint density at radius 1 is 1.38 bits per heavy atom. The SMILES string of the molecule is CCOc1c(Cl)cc(CCC(=O)O)cc1Cl. The van der Waals surface area contributed by atoms with Gasteiger partial charge in [-0.15, -0.1) is 0 Å². The Kier molecular flexibility index (Phi) is 4.90. The molecule has 0 aromatic heterocycles. The molecule has 0 fully saturated rings. The van der Waals surface area contributed by atoms with E-state index in [0.29, 0.717) is 28.8 Å². The molecule has 0 spiro atoms. The minimum absolute atomic E-state index is 0.0562. The van der Waals surface area contributed by atoms with E-state index in [1.807, 2.05) is 6.92 Å². The number of aryl methyl sites for hydroxylation is 1. The van der Waals surface area contributed by atoms with Crippen LogP contribution in [0.25, 0.3) is 0 Å². The molecular weight excluding hydrogens is 251 g/mol. The van der Waals surface area contributed by atoms with Gasteiger partial charge in [-0.3, -0.25) is 4.79 Å². The van der Waals surface area contributed by atoms with E-state index in [1.54, 1.807) is 12.1 Å². The van der Waals surface area contributed by atoms with Crippen molar-refractivity contribution in [2.75, 3.05) is 6.61 Å². The Morgan fingerprint density at radius 3 is 2.38 bits per heavy atom. The maximum atomic E-state index is 10.4. The largest absolute Gasteiger partial charge is 0.491 e. The van der Waals surface area contributed by atoms with Crippen LogP contribution in [0.4, 0.5) is 0 Å². The number of halogens is 2. The predicted molar refractivity (Wildman–Crippen MR) is 63.6 cm³/mol. The molecule has 88 valence electrons. The minimum atomic E-state index is -0.846. The van der Waals surface area contributed by atoms with Gasteiger partial charge in [0.05, 0.1) is 16.7 Å². The molecule has 0 aliphatic carbocycles. The zero-order valence-corrected chi connectivity index (χ0v) is 10.3. The van der Waals surface area contributed by atoms with Crippen molar-refractivity contribution in [2.45, 2.75) is 19.8 Å². The van der Waals surface area contributed by atoms with Crippen LogP contribution in [0.2, 0.25) is 10.0 Å². The van der Waals surface area contributed by atoms with E-state index >= 15 is 0 Å². The van der Waals surface area contributed by atoms with Crippen molar-refractivity contribution in [1.29, 1.82) is 0 Å². The van der Waals surface area contributed by atoms with Gasteiger partial charge in [0.15, 0.2) is 5.75 Å². The molecule has 1 N–H and O–H groups in total. The fourth-order valence-corrected chi connectivity index (χ4v) is 1.93. The molecule has 1 rings (SSSR count). The Morgan fingerprint density at radius 2 is 1.94 bits per heavy atom. The van der Waals surface area contributed by atoms with Crippen LogP contribution in [0.3, 0.4) is 0 Å². The summed E-state index contributed by atoms with van der Waals surface area (Å²) >= 11 is 11.9. The lowest BCUT2D eigenvalue weighted by molar-refractivity contribution is -0.136. The molecule has 1 aromatic rings. The van der Waals surface area contributed by atoms with Crippen LogP contribution < -0.4 is 4.74 Å². The normalized spacial score (nSPS) is 10.2. The topological polar surface area (TPSA) is 46.5 Å². The second-order valence-corrected chi connectivity index (χ2v) is 4.03. The molecule has 1 aromatic carbocycles. The zero-order chi connectivity index (χ0) is 12.1. The third-order valence-electron chi connectivity index (χ3n) is 1.97. The molecule has 16 heavy (non-hydrogen) atoms. The van der Waals surface area contributed by atoms with Gasteiger partial charge in [-0.25, -0.2) is 0 Å². The minimum Gasteiger partial charge on any atom is -0.491 e. The number of carboxylic acids is 1. The summed E-state index contributed by atoms with van der Waals surface area (Å²) in [7, 11) is 0. The standard InChI is InChI=1S/C11H12Cl2O3/c1-2-16-11-8(12)5-7(6-9(11)13)3-4-10(14)15/h5-6H,2-4H2,1H3,(H,14,15). The Labute approximate surface area is 104 Å². The van der Waals surface area contributed by atoms with Crippen molar-refractivity contribution in [3.63, 3.8) is 0 Å². The van der Waals surface area contributed by atoms with Gasteiger partial charge in [0.2, 0.25) is 0 Å². The van der Waals surface area contributed by atoms with E-state index in [4.69, 9.17) is 33.0 Å². The van der Waals surface area contributed by atoms with Gasteiger partial charge >= 0.3 is 5.97 Å². The number of aliphatic carboxylic acids is 1. The van der Waals surface area contributed by atoms with Crippen molar-refractivity contribution in [3.8, 4) is 5.75 Å². The van der Waals surface area contributed by atoms with Crippen molar-refractivity contribution in [2.24, 2.45) is 0 Å². The fraction of sp³-hybridized carbons (Fsp3) is 0.364. The average Bonchev–Trinajstić information content (AvgIpc) is 2.20. The number of benzene rings is 1. The Balaban J connectivity index is 2.86. The zero-order valence-electron chi connectivity index (χ0n) is 8.80. The van der Waals surface area contributed by atoms with Gasteiger partial charge in [-0.1, -0.05) is 23.2 Å². The summed E-state index contributed by atoms with van der Waals surface area (Å²) in [6.45, 7) is 2.32. The molecule has 0 atom stereocenters. The lowest BCUT2D eigenvalue weighted by Crippen LogP contribution is -1.99. The van der Waals surface area contributed by atoms with Crippen LogP contribution in [-0.2, 0) is 11.2 Å². The fourth-order valence-electron chi connectivity index (χ4n) is 1.29. The number of hydrogen-bond donors (Lipinski definition) is 1. The third kappa shape index (κ3) is 3.58. The van der Waals surface area contributed by atoms with Crippen molar-refractivity contribution >= 4 is 29.2 Å². The summed E-state index contributed by atoms with van der Waals surface area (Å²) < 4.78 is 5.27. The van der Waals surface area contributed by atoms with Crippen LogP contribution in [0.5, 0.6) is 5.75 Å². The highest BCUT2D eigenvalue weighted by Gasteiger charge is 2.10. The molecule has 0 bridgehead atoms. The van der Waals surface area contributed by atoms with E-state index in [-0.39, 0.29) is 6.42 Å². The van der Waals surface area contributed by atoms with Crippen molar-refractivity contribution < 1.29 is 14.6 Å². The Hall–Kier alpha value is -0.930. The summed E-state index contributed by atoms with van der Waals surface area (Å²) in [4.78, 5) is 10.4. The van der Waals surface area contributed by atoms with E-state index < -0.39 is 5.97 Å². The van der Waals surface area contributed by atoms with E-state index in [0.717, 1.165) is 5.56 Å². The number of hydrogen-bond acceptors (Lipinski definition) is 2. The molecule has 3 nitrogen and oxygen atoms in total. The van der Waals surface area contributed by atoms with Crippen molar-refractivity contribution in [3.05, 3.63) is 27.7 Å². The van der Waals surface area contributed by atoms with Crippen LogP contribution in [-0.4, -0.2) is 17.7 Å². The first-order chi connectivity index (χ1) is 7.54. The summed E-state index contributed by atoms with van der Waals surface area (Å²) in [6, 6.07) is 3.36. The summed E-state index contributed by atoms with van der Waals surface area (Å²) in [5.41, 5.74) is 0.792. The second kappa shape index (κ2) is 5.97.